The molecule has 20 heavy (non-hydrogen) atoms. The second-order valence-corrected chi connectivity index (χ2v) is 5.48. The van der Waals surface area contributed by atoms with Gasteiger partial charge in [0.15, 0.2) is 5.79 Å². The molecule has 0 aromatic heterocycles. The van der Waals surface area contributed by atoms with Gasteiger partial charge < -0.3 is 24.4 Å². The molecule has 2 aliphatic heterocycles. The molecule has 0 radical (unpaired) electrons. The Balaban J connectivity index is 1.99. The van der Waals surface area contributed by atoms with Crippen LogP contribution in [0.2, 0.25) is 0 Å². The third-order valence-corrected chi connectivity index (χ3v) is 3.71. The van der Waals surface area contributed by atoms with Crippen LogP contribution in [-0.2, 0) is 19.0 Å². The summed E-state index contributed by atoms with van der Waals surface area (Å²) in [6.45, 7) is 5.88. The van der Waals surface area contributed by atoms with Gasteiger partial charge in [-0.3, -0.25) is 4.79 Å². The smallest absolute Gasteiger partial charge is 0.407 e. The molecule has 0 bridgehead atoms. The number of ether oxygens (including phenoxy) is 3. The van der Waals surface area contributed by atoms with Crippen LogP contribution in [0, 0.1) is 5.92 Å². The fraction of sp³-hybridized carbons (Fsp3) is 0.846. The first-order chi connectivity index (χ1) is 9.47. The molecular weight excluding hydrogens is 264 g/mol. The van der Waals surface area contributed by atoms with E-state index in [1.54, 1.807) is 4.90 Å². The van der Waals surface area contributed by atoms with E-state index in [2.05, 4.69) is 10.1 Å². The Hall–Kier alpha value is -1.34. The Labute approximate surface area is 118 Å². The molecule has 1 unspecified atom stereocenters. The lowest BCUT2D eigenvalue weighted by Crippen LogP contribution is -2.51. The first-order valence-corrected chi connectivity index (χ1v) is 6.88. The zero-order chi connectivity index (χ0) is 14.8. The van der Waals surface area contributed by atoms with E-state index in [0.29, 0.717) is 32.7 Å². The molecule has 2 fully saturated rings. The predicted molar refractivity (Wildman–Crippen MR) is 70.0 cm³/mol. The van der Waals surface area contributed by atoms with Crippen molar-refractivity contribution in [2.45, 2.75) is 32.1 Å². The lowest BCUT2D eigenvalue weighted by molar-refractivity contribution is -0.153. The molecule has 0 aromatic rings. The van der Waals surface area contributed by atoms with E-state index in [4.69, 9.17) is 9.47 Å². The Morgan fingerprint density at radius 2 is 1.95 bits per heavy atom. The molecule has 1 N–H and O–H groups in total. The summed E-state index contributed by atoms with van der Waals surface area (Å²) in [5, 5.41) is 2.59. The number of likely N-dealkylation sites (tertiary alicyclic amines) is 1. The molecule has 2 rings (SSSR count). The molecule has 1 spiro atoms. The summed E-state index contributed by atoms with van der Waals surface area (Å²) in [5.74, 6) is -0.785. The average molecular weight is 286 g/mol. The fourth-order valence-corrected chi connectivity index (χ4v) is 2.57. The highest BCUT2D eigenvalue weighted by atomic mass is 16.7. The molecule has 7 heteroatoms. The number of carbonyl (C=O) groups is 2. The third-order valence-electron chi connectivity index (χ3n) is 3.71. The number of nitrogens with zero attached hydrogens (tertiary/aromatic N) is 1. The molecule has 2 aliphatic rings. The van der Waals surface area contributed by atoms with Gasteiger partial charge in [0.2, 0.25) is 5.91 Å². The SMILES string of the molecule is COC(=O)NC(C(=O)N1CCC2(C1)OCCO2)C(C)C. The van der Waals surface area contributed by atoms with Crippen LogP contribution >= 0.6 is 0 Å². The number of hydrogen-bond acceptors (Lipinski definition) is 5. The van der Waals surface area contributed by atoms with Gasteiger partial charge >= 0.3 is 6.09 Å². The van der Waals surface area contributed by atoms with Crippen LogP contribution in [-0.4, -0.2) is 62.1 Å². The second kappa shape index (κ2) is 5.97. The van der Waals surface area contributed by atoms with Crippen molar-refractivity contribution in [2.24, 2.45) is 5.92 Å². The normalized spacial score (nSPS) is 22.3. The Bertz CT molecular complexity index is 379. The average Bonchev–Trinajstić information content (AvgIpc) is 3.05. The number of carbonyl (C=O) groups excluding carboxylic acids is 2. The Morgan fingerprint density at radius 1 is 1.30 bits per heavy atom. The Kier molecular flexibility index (Phi) is 4.49. The van der Waals surface area contributed by atoms with Crippen molar-refractivity contribution in [3.8, 4) is 0 Å². The quantitative estimate of drug-likeness (QED) is 0.809. The predicted octanol–water partition coefficient (Wildman–Crippen LogP) is 0.342. The van der Waals surface area contributed by atoms with Gasteiger partial charge in [-0.05, 0) is 5.92 Å². The highest BCUT2D eigenvalue weighted by molar-refractivity contribution is 5.86. The number of rotatable bonds is 3. The molecule has 0 aromatic carbocycles. The topological polar surface area (TPSA) is 77.1 Å². The molecule has 2 amide bonds. The number of nitrogens with one attached hydrogen (secondary N) is 1. The third kappa shape index (κ3) is 3.04. The minimum Gasteiger partial charge on any atom is -0.453 e. The highest BCUT2D eigenvalue weighted by Crippen LogP contribution is 2.31. The maximum Gasteiger partial charge on any atom is 0.407 e. The minimum absolute atomic E-state index is 0.0245. The largest absolute Gasteiger partial charge is 0.453 e. The highest BCUT2D eigenvalue weighted by Gasteiger charge is 2.46. The van der Waals surface area contributed by atoms with Gasteiger partial charge in [-0.2, -0.15) is 0 Å². The van der Waals surface area contributed by atoms with Crippen molar-refractivity contribution in [2.75, 3.05) is 33.4 Å². The maximum atomic E-state index is 12.5. The second-order valence-electron chi connectivity index (χ2n) is 5.48. The zero-order valence-corrected chi connectivity index (χ0v) is 12.2. The van der Waals surface area contributed by atoms with Gasteiger partial charge in [-0.1, -0.05) is 13.8 Å². The molecule has 0 aliphatic carbocycles. The van der Waals surface area contributed by atoms with Crippen molar-refractivity contribution in [3.05, 3.63) is 0 Å². The van der Waals surface area contributed by atoms with E-state index in [1.165, 1.54) is 7.11 Å². The summed E-state index contributed by atoms with van der Waals surface area (Å²) in [4.78, 5) is 25.6. The van der Waals surface area contributed by atoms with E-state index < -0.39 is 17.9 Å². The minimum atomic E-state index is -0.636. The lowest BCUT2D eigenvalue weighted by atomic mass is 10.0. The number of amides is 2. The molecule has 1 atom stereocenters. The Morgan fingerprint density at radius 3 is 2.50 bits per heavy atom. The van der Waals surface area contributed by atoms with Gasteiger partial charge in [0.05, 0.1) is 26.9 Å². The van der Waals surface area contributed by atoms with Crippen LogP contribution in [0.5, 0.6) is 0 Å². The number of alkyl carbamates (subject to hydrolysis) is 1. The van der Waals surface area contributed by atoms with E-state index in [9.17, 15) is 9.59 Å². The van der Waals surface area contributed by atoms with Crippen LogP contribution < -0.4 is 5.32 Å². The van der Waals surface area contributed by atoms with Crippen LogP contribution in [0.4, 0.5) is 4.79 Å². The zero-order valence-electron chi connectivity index (χ0n) is 12.2. The molecule has 0 saturated carbocycles. The molecular formula is C13H22N2O5. The van der Waals surface area contributed by atoms with E-state index in [-0.39, 0.29) is 11.8 Å². The number of hydrogen-bond donors (Lipinski definition) is 1. The summed E-state index contributed by atoms with van der Waals surface area (Å²) in [6.07, 6.45) is 0.0706. The van der Waals surface area contributed by atoms with Gasteiger partial charge in [-0.25, -0.2) is 4.79 Å². The van der Waals surface area contributed by atoms with Crippen LogP contribution in [0.1, 0.15) is 20.3 Å². The van der Waals surface area contributed by atoms with E-state index in [0.717, 1.165) is 0 Å². The monoisotopic (exact) mass is 286 g/mol. The summed E-state index contributed by atoms with van der Waals surface area (Å²) in [6, 6.07) is -0.598. The summed E-state index contributed by atoms with van der Waals surface area (Å²) >= 11 is 0. The molecule has 2 saturated heterocycles. The molecule has 2 heterocycles. The molecule has 7 nitrogen and oxygen atoms in total. The fourth-order valence-electron chi connectivity index (χ4n) is 2.57. The van der Waals surface area contributed by atoms with Gasteiger partial charge in [0, 0.05) is 13.0 Å². The van der Waals surface area contributed by atoms with Gasteiger partial charge in [-0.15, -0.1) is 0 Å². The summed E-state index contributed by atoms with van der Waals surface area (Å²) < 4.78 is 15.8. The number of methoxy groups -OCH3 is 1. The summed E-state index contributed by atoms with van der Waals surface area (Å²) in [5.41, 5.74) is 0. The van der Waals surface area contributed by atoms with Crippen LogP contribution in [0.25, 0.3) is 0 Å². The first kappa shape index (κ1) is 15.1. The van der Waals surface area contributed by atoms with Crippen LogP contribution in [0.15, 0.2) is 0 Å². The van der Waals surface area contributed by atoms with Crippen molar-refractivity contribution >= 4 is 12.0 Å². The van der Waals surface area contributed by atoms with Crippen molar-refractivity contribution in [1.29, 1.82) is 0 Å². The van der Waals surface area contributed by atoms with Gasteiger partial charge in [0.25, 0.3) is 0 Å². The molecule has 114 valence electrons. The maximum absolute atomic E-state index is 12.5. The lowest BCUT2D eigenvalue weighted by Gasteiger charge is -2.27. The van der Waals surface area contributed by atoms with Crippen molar-refractivity contribution in [1.82, 2.24) is 10.2 Å². The van der Waals surface area contributed by atoms with Crippen molar-refractivity contribution in [3.63, 3.8) is 0 Å². The van der Waals surface area contributed by atoms with Gasteiger partial charge in [0.1, 0.15) is 6.04 Å². The first-order valence-electron chi connectivity index (χ1n) is 6.88. The summed E-state index contributed by atoms with van der Waals surface area (Å²) in [7, 11) is 1.28. The van der Waals surface area contributed by atoms with E-state index in [1.807, 2.05) is 13.8 Å². The van der Waals surface area contributed by atoms with E-state index >= 15 is 0 Å². The van der Waals surface area contributed by atoms with Crippen molar-refractivity contribution < 1.29 is 23.8 Å². The standard InChI is InChI=1S/C13H22N2O5/c1-9(2)10(14-12(17)18-3)11(16)15-5-4-13(8-15)19-6-7-20-13/h9-10H,4-8H2,1-3H3,(H,14,17). The van der Waals surface area contributed by atoms with Crippen LogP contribution in [0.3, 0.4) is 0 Å².